The number of carboxylic acids is 1. The Hall–Kier alpha value is -1.36. The Morgan fingerprint density at radius 1 is 1.62 bits per heavy atom. The molecule has 1 unspecified atom stereocenters. The topological polar surface area (TPSA) is 89.6 Å². The molecule has 0 aromatic carbocycles. The number of carbonyl (C=O) groups is 2. The van der Waals surface area contributed by atoms with Crippen LogP contribution in [0.15, 0.2) is 12.7 Å². The van der Waals surface area contributed by atoms with Crippen LogP contribution < -0.4 is 5.73 Å². The highest BCUT2D eigenvalue weighted by atomic mass is 16.5. The van der Waals surface area contributed by atoms with E-state index in [2.05, 4.69) is 6.58 Å². The number of rotatable bonds is 6. The van der Waals surface area contributed by atoms with E-state index in [1.165, 1.54) is 6.08 Å². The van der Waals surface area contributed by atoms with Crippen LogP contribution in [0.2, 0.25) is 0 Å². The minimum Gasteiger partial charge on any atom is -0.480 e. The molecule has 1 fully saturated rings. The molecular weight excluding hydrogens is 210 g/mol. The van der Waals surface area contributed by atoms with Gasteiger partial charge in [-0.05, 0) is 12.8 Å². The van der Waals surface area contributed by atoms with Gasteiger partial charge in [0.05, 0.1) is 6.61 Å². The van der Waals surface area contributed by atoms with Crippen molar-refractivity contribution in [3.63, 3.8) is 0 Å². The molecule has 0 heterocycles. The number of carbonyl (C=O) groups excluding carboxylic acids is 1. The molecule has 1 rings (SSSR count). The molecule has 3 N–H and O–H groups in total. The molecule has 5 heteroatoms. The van der Waals surface area contributed by atoms with Gasteiger partial charge in [-0.3, -0.25) is 9.59 Å². The van der Waals surface area contributed by atoms with Gasteiger partial charge in [-0.2, -0.15) is 0 Å². The van der Waals surface area contributed by atoms with Crippen LogP contribution in [0.3, 0.4) is 0 Å². The third-order valence-corrected chi connectivity index (χ3v) is 3.05. The van der Waals surface area contributed by atoms with Crippen LogP contribution in [0, 0.1) is 5.41 Å². The van der Waals surface area contributed by atoms with E-state index in [1.807, 2.05) is 6.92 Å². The van der Waals surface area contributed by atoms with E-state index in [9.17, 15) is 9.59 Å². The lowest BCUT2D eigenvalue weighted by atomic mass is 10.0. The van der Waals surface area contributed by atoms with E-state index in [-0.39, 0.29) is 6.42 Å². The predicted octanol–water partition coefficient (Wildman–Crippen LogP) is 0.688. The second kappa shape index (κ2) is 4.25. The molecule has 0 radical (unpaired) electrons. The lowest BCUT2D eigenvalue weighted by molar-refractivity contribution is -0.152. The summed E-state index contributed by atoms with van der Waals surface area (Å²) in [5.41, 5.74) is 2.83. The summed E-state index contributed by atoms with van der Waals surface area (Å²) in [5, 5.41) is 8.92. The number of hydrogen-bond donors (Lipinski definition) is 2. The molecule has 0 spiro atoms. The highest BCUT2D eigenvalue weighted by Crippen LogP contribution is 2.56. The fourth-order valence-electron chi connectivity index (χ4n) is 1.69. The van der Waals surface area contributed by atoms with Gasteiger partial charge in [0, 0.05) is 0 Å². The molecule has 0 aromatic heterocycles. The van der Waals surface area contributed by atoms with Crippen LogP contribution in [0.1, 0.15) is 26.2 Å². The first-order chi connectivity index (χ1) is 7.44. The number of unbranched alkanes of at least 4 members (excludes halogenated alkanes) is 1. The lowest BCUT2D eigenvalue weighted by Gasteiger charge is -2.14. The van der Waals surface area contributed by atoms with Crippen molar-refractivity contribution in [3.05, 3.63) is 12.7 Å². The van der Waals surface area contributed by atoms with Crippen LogP contribution in [-0.4, -0.2) is 29.2 Å². The Balaban J connectivity index is 2.67. The van der Waals surface area contributed by atoms with Gasteiger partial charge in [0.1, 0.15) is 11.0 Å². The highest BCUT2D eigenvalue weighted by molar-refractivity contribution is 5.98. The van der Waals surface area contributed by atoms with Crippen molar-refractivity contribution >= 4 is 11.9 Å². The molecule has 0 aromatic rings. The van der Waals surface area contributed by atoms with Crippen LogP contribution in [-0.2, 0) is 14.3 Å². The first kappa shape index (κ1) is 12.7. The summed E-state index contributed by atoms with van der Waals surface area (Å²) in [7, 11) is 0. The molecule has 1 aliphatic carbocycles. The van der Waals surface area contributed by atoms with E-state index >= 15 is 0 Å². The van der Waals surface area contributed by atoms with Crippen LogP contribution in [0.25, 0.3) is 0 Å². The second-order valence-corrected chi connectivity index (χ2v) is 4.12. The summed E-state index contributed by atoms with van der Waals surface area (Å²) < 4.78 is 4.99. The molecule has 16 heavy (non-hydrogen) atoms. The summed E-state index contributed by atoms with van der Waals surface area (Å²) in [4.78, 5) is 22.6. The average molecular weight is 227 g/mol. The van der Waals surface area contributed by atoms with Gasteiger partial charge in [0.15, 0.2) is 0 Å². The smallest absolute Gasteiger partial charge is 0.325 e. The number of carboxylic acid groups (broad SMARTS) is 1. The van der Waals surface area contributed by atoms with Gasteiger partial charge in [-0.15, -0.1) is 6.58 Å². The van der Waals surface area contributed by atoms with E-state index in [4.69, 9.17) is 15.6 Å². The third-order valence-electron chi connectivity index (χ3n) is 3.05. The molecule has 90 valence electrons. The average Bonchev–Trinajstić information content (AvgIpc) is 2.88. The van der Waals surface area contributed by atoms with Crippen LogP contribution >= 0.6 is 0 Å². The predicted molar refractivity (Wildman–Crippen MR) is 57.7 cm³/mol. The van der Waals surface area contributed by atoms with Crippen molar-refractivity contribution < 1.29 is 19.4 Å². The van der Waals surface area contributed by atoms with Crippen molar-refractivity contribution in [2.24, 2.45) is 11.1 Å². The van der Waals surface area contributed by atoms with E-state index in [0.717, 1.165) is 12.8 Å². The number of esters is 1. The van der Waals surface area contributed by atoms with Crippen molar-refractivity contribution in [2.75, 3.05) is 6.61 Å². The Morgan fingerprint density at radius 3 is 2.62 bits per heavy atom. The summed E-state index contributed by atoms with van der Waals surface area (Å²) in [5.74, 6) is -1.78. The zero-order valence-corrected chi connectivity index (χ0v) is 9.36. The number of aliphatic carboxylic acids is 1. The lowest BCUT2D eigenvalue weighted by Crippen LogP contribution is -2.42. The zero-order chi connectivity index (χ0) is 12.4. The molecular formula is C11H17NO4. The SMILES string of the molecule is C=C[C@@]1(C(=O)OCCCC)CC1(N)C(=O)O. The zero-order valence-electron chi connectivity index (χ0n) is 9.36. The summed E-state index contributed by atoms with van der Waals surface area (Å²) in [6, 6.07) is 0. The minimum absolute atomic E-state index is 0.0593. The van der Waals surface area contributed by atoms with Gasteiger partial charge >= 0.3 is 11.9 Å². The first-order valence-corrected chi connectivity index (χ1v) is 5.27. The Bertz CT molecular complexity index is 328. The van der Waals surface area contributed by atoms with E-state index in [1.54, 1.807) is 0 Å². The van der Waals surface area contributed by atoms with Crippen LogP contribution in [0.4, 0.5) is 0 Å². The number of ether oxygens (including phenoxy) is 1. The highest BCUT2D eigenvalue weighted by Gasteiger charge is 2.74. The normalized spacial score (nSPS) is 31.9. The van der Waals surface area contributed by atoms with Gasteiger partial charge in [-0.25, -0.2) is 0 Å². The fraction of sp³-hybridized carbons (Fsp3) is 0.636. The Kier molecular flexibility index (Phi) is 3.38. The molecule has 0 bridgehead atoms. The van der Waals surface area contributed by atoms with Crippen LogP contribution in [0.5, 0.6) is 0 Å². The summed E-state index contributed by atoms with van der Waals surface area (Å²) in [6.07, 6.45) is 3.00. The quantitative estimate of drug-likeness (QED) is 0.396. The Morgan fingerprint density at radius 2 is 2.25 bits per heavy atom. The largest absolute Gasteiger partial charge is 0.480 e. The summed E-state index contributed by atoms with van der Waals surface area (Å²) in [6.45, 7) is 5.74. The van der Waals surface area contributed by atoms with Gasteiger partial charge < -0.3 is 15.6 Å². The maximum Gasteiger partial charge on any atom is 0.325 e. The maximum absolute atomic E-state index is 11.7. The molecule has 1 aliphatic rings. The van der Waals surface area contributed by atoms with Crippen molar-refractivity contribution in [2.45, 2.75) is 31.7 Å². The molecule has 0 aliphatic heterocycles. The standard InChI is InChI=1S/C11H17NO4/c1-3-5-6-16-9(15)10(4-2)7-11(10,12)8(13)14/h4H,2-3,5-7,12H2,1H3,(H,13,14)/t10-,11?/m0/s1. The molecule has 2 atom stereocenters. The number of hydrogen-bond acceptors (Lipinski definition) is 4. The fourth-order valence-corrected chi connectivity index (χ4v) is 1.69. The first-order valence-electron chi connectivity index (χ1n) is 5.27. The van der Waals surface area contributed by atoms with Gasteiger partial charge in [0.2, 0.25) is 0 Å². The van der Waals surface area contributed by atoms with Gasteiger partial charge in [0.25, 0.3) is 0 Å². The third kappa shape index (κ3) is 1.71. The number of nitrogens with two attached hydrogens (primary N) is 1. The van der Waals surface area contributed by atoms with E-state index in [0.29, 0.717) is 6.61 Å². The molecule has 0 amide bonds. The molecule has 0 saturated heterocycles. The summed E-state index contributed by atoms with van der Waals surface area (Å²) >= 11 is 0. The monoisotopic (exact) mass is 227 g/mol. The minimum atomic E-state index is -1.54. The Labute approximate surface area is 94.3 Å². The van der Waals surface area contributed by atoms with Crippen molar-refractivity contribution in [1.29, 1.82) is 0 Å². The van der Waals surface area contributed by atoms with Gasteiger partial charge in [-0.1, -0.05) is 19.4 Å². The van der Waals surface area contributed by atoms with Crippen molar-refractivity contribution in [1.82, 2.24) is 0 Å². The maximum atomic E-state index is 11.7. The second-order valence-electron chi connectivity index (χ2n) is 4.12. The molecule has 5 nitrogen and oxygen atoms in total. The van der Waals surface area contributed by atoms with E-state index < -0.39 is 22.9 Å². The molecule has 1 saturated carbocycles. The van der Waals surface area contributed by atoms with Crippen molar-refractivity contribution in [3.8, 4) is 0 Å².